The van der Waals surface area contributed by atoms with Crippen molar-refractivity contribution in [3.05, 3.63) is 71.8 Å². The third-order valence-corrected chi connectivity index (χ3v) is 4.02. The summed E-state index contributed by atoms with van der Waals surface area (Å²) in [6.07, 6.45) is 11.1. The van der Waals surface area contributed by atoms with Crippen LogP contribution in [0.2, 0.25) is 0 Å². The number of hydrogen-bond acceptors (Lipinski definition) is 3. The lowest BCUT2D eigenvalue weighted by atomic mass is 9.88. The van der Waals surface area contributed by atoms with Crippen LogP contribution in [0.25, 0.3) is 34.4 Å². The predicted molar refractivity (Wildman–Crippen MR) is 90.3 cm³/mol. The molecule has 4 heteroatoms. The van der Waals surface area contributed by atoms with Gasteiger partial charge in [-0.1, -0.05) is 24.3 Å². The zero-order valence-corrected chi connectivity index (χ0v) is 12.2. The van der Waals surface area contributed by atoms with Gasteiger partial charge in [-0.15, -0.1) is 0 Å². The lowest BCUT2D eigenvalue weighted by Crippen LogP contribution is -2.13. The maximum atomic E-state index is 12.0. The van der Waals surface area contributed by atoms with E-state index in [-0.39, 0.29) is 0 Å². The van der Waals surface area contributed by atoms with E-state index in [1.165, 1.54) is 0 Å². The van der Waals surface area contributed by atoms with Gasteiger partial charge in [-0.05, 0) is 34.9 Å². The van der Waals surface area contributed by atoms with Crippen molar-refractivity contribution in [1.82, 2.24) is 9.97 Å². The molecule has 1 aliphatic rings. The largest absolute Gasteiger partial charge is 0.366 e. The zero-order chi connectivity index (χ0) is 15.8. The van der Waals surface area contributed by atoms with Gasteiger partial charge in [0, 0.05) is 47.0 Å². The topological polar surface area (TPSA) is 68.9 Å². The van der Waals surface area contributed by atoms with E-state index < -0.39 is 5.91 Å². The molecule has 0 unspecified atom stereocenters. The molecule has 0 atom stereocenters. The average Bonchev–Trinajstić information content (AvgIpc) is 2.69. The van der Waals surface area contributed by atoms with Crippen LogP contribution in [-0.2, 0) is 0 Å². The first-order chi connectivity index (χ1) is 11.3. The van der Waals surface area contributed by atoms with Crippen molar-refractivity contribution in [3.8, 4) is 22.3 Å². The Bertz CT molecular complexity index is 946. The van der Waals surface area contributed by atoms with Crippen molar-refractivity contribution in [2.45, 2.75) is 0 Å². The highest BCUT2D eigenvalue weighted by Crippen LogP contribution is 2.41. The highest BCUT2D eigenvalue weighted by atomic mass is 16.1. The molecule has 2 heterocycles. The van der Waals surface area contributed by atoms with E-state index in [2.05, 4.69) is 9.97 Å². The van der Waals surface area contributed by atoms with Gasteiger partial charge >= 0.3 is 0 Å². The van der Waals surface area contributed by atoms with Crippen molar-refractivity contribution < 1.29 is 4.79 Å². The van der Waals surface area contributed by atoms with Crippen LogP contribution in [0.1, 0.15) is 21.5 Å². The van der Waals surface area contributed by atoms with Gasteiger partial charge in [-0.3, -0.25) is 14.8 Å². The molecular weight excluding hydrogens is 286 g/mol. The van der Waals surface area contributed by atoms with Gasteiger partial charge in [0.05, 0.1) is 0 Å². The SMILES string of the molecule is NC(=O)c1ccc2c(-c3cccnc3)c1-c1cnccc1C=C2. The van der Waals surface area contributed by atoms with Crippen molar-refractivity contribution in [2.75, 3.05) is 0 Å². The van der Waals surface area contributed by atoms with Crippen LogP contribution in [0, 0.1) is 0 Å². The molecule has 110 valence electrons. The molecule has 3 aromatic rings. The molecule has 1 aromatic carbocycles. The number of aromatic nitrogens is 2. The lowest BCUT2D eigenvalue weighted by Gasteiger charge is -2.16. The molecule has 4 rings (SSSR count). The Labute approximate surface area is 133 Å². The summed E-state index contributed by atoms with van der Waals surface area (Å²) < 4.78 is 0. The van der Waals surface area contributed by atoms with Gasteiger partial charge in [0.2, 0.25) is 5.91 Å². The molecule has 0 radical (unpaired) electrons. The van der Waals surface area contributed by atoms with Crippen molar-refractivity contribution >= 4 is 18.1 Å². The third-order valence-electron chi connectivity index (χ3n) is 4.02. The molecule has 4 nitrogen and oxygen atoms in total. The van der Waals surface area contributed by atoms with E-state index in [9.17, 15) is 4.79 Å². The van der Waals surface area contributed by atoms with Crippen LogP contribution in [-0.4, -0.2) is 15.9 Å². The number of nitrogens with zero attached hydrogens (tertiary/aromatic N) is 2. The van der Waals surface area contributed by atoms with Crippen molar-refractivity contribution in [2.24, 2.45) is 5.73 Å². The quantitative estimate of drug-likeness (QED) is 0.617. The van der Waals surface area contributed by atoms with E-state index in [4.69, 9.17) is 5.73 Å². The Morgan fingerprint density at radius 3 is 2.48 bits per heavy atom. The van der Waals surface area contributed by atoms with Gasteiger partial charge in [-0.2, -0.15) is 0 Å². The first kappa shape index (κ1) is 13.4. The van der Waals surface area contributed by atoms with E-state index in [0.717, 1.165) is 33.4 Å². The summed E-state index contributed by atoms with van der Waals surface area (Å²) in [4.78, 5) is 20.4. The molecule has 1 amide bonds. The summed E-state index contributed by atoms with van der Waals surface area (Å²) in [6, 6.07) is 9.49. The Hall–Kier alpha value is -3.27. The lowest BCUT2D eigenvalue weighted by molar-refractivity contribution is 0.100. The Morgan fingerprint density at radius 2 is 1.70 bits per heavy atom. The fourth-order valence-electron chi connectivity index (χ4n) is 3.00. The molecule has 0 saturated carbocycles. The van der Waals surface area contributed by atoms with Crippen molar-refractivity contribution in [1.29, 1.82) is 0 Å². The first-order valence-electron chi connectivity index (χ1n) is 7.25. The first-order valence-corrected chi connectivity index (χ1v) is 7.25. The number of hydrogen-bond donors (Lipinski definition) is 1. The van der Waals surface area contributed by atoms with Gasteiger partial charge in [0.15, 0.2) is 0 Å². The summed E-state index contributed by atoms with van der Waals surface area (Å²) in [7, 11) is 0. The molecule has 0 aliphatic heterocycles. The number of carbonyl (C=O) groups is 1. The van der Waals surface area contributed by atoms with E-state index in [0.29, 0.717) is 5.56 Å². The second kappa shape index (κ2) is 5.18. The average molecular weight is 299 g/mol. The molecule has 2 N–H and O–H groups in total. The number of amides is 1. The fraction of sp³-hybridized carbons (Fsp3) is 0. The van der Waals surface area contributed by atoms with E-state index in [1.54, 1.807) is 30.9 Å². The van der Waals surface area contributed by atoms with Gasteiger partial charge < -0.3 is 5.73 Å². The fourth-order valence-corrected chi connectivity index (χ4v) is 3.00. The molecule has 0 fully saturated rings. The summed E-state index contributed by atoms with van der Waals surface area (Å²) in [5.74, 6) is -0.451. The summed E-state index contributed by atoms with van der Waals surface area (Å²) in [5.41, 5.74) is 11.8. The second-order valence-corrected chi connectivity index (χ2v) is 5.35. The highest BCUT2D eigenvalue weighted by molar-refractivity contribution is 6.08. The molecule has 1 aliphatic carbocycles. The summed E-state index contributed by atoms with van der Waals surface area (Å²) in [6.45, 7) is 0. The number of carbonyl (C=O) groups excluding carboxylic acids is 1. The Balaban J connectivity index is 2.16. The van der Waals surface area contributed by atoms with Gasteiger partial charge in [-0.25, -0.2) is 0 Å². The monoisotopic (exact) mass is 299 g/mol. The highest BCUT2D eigenvalue weighted by Gasteiger charge is 2.22. The number of pyridine rings is 2. The van der Waals surface area contributed by atoms with Crippen LogP contribution in [0.15, 0.2) is 55.1 Å². The standard InChI is InChI=1S/C19H13N3O/c20-19(23)15-6-5-13-4-3-12-7-9-22-11-16(12)18(15)17(13)14-2-1-8-21-10-14/h1-11H,(H2,20,23). The van der Waals surface area contributed by atoms with Crippen LogP contribution >= 0.6 is 0 Å². The predicted octanol–water partition coefficient (Wildman–Crippen LogP) is 3.39. The molecule has 0 saturated heterocycles. The zero-order valence-electron chi connectivity index (χ0n) is 12.2. The second-order valence-electron chi connectivity index (χ2n) is 5.35. The number of primary amides is 1. The van der Waals surface area contributed by atoms with Crippen LogP contribution in [0.5, 0.6) is 0 Å². The smallest absolute Gasteiger partial charge is 0.249 e. The minimum Gasteiger partial charge on any atom is -0.366 e. The van der Waals surface area contributed by atoms with E-state index in [1.807, 2.05) is 36.4 Å². The van der Waals surface area contributed by atoms with E-state index >= 15 is 0 Å². The minimum atomic E-state index is -0.451. The summed E-state index contributed by atoms with van der Waals surface area (Å²) in [5, 5.41) is 0. The Morgan fingerprint density at radius 1 is 0.870 bits per heavy atom. The molecule has 2 bridgehead atoms. The molecule has 2 aromatic heterocycles. The van der Waals surface area contributed by atoms with Gasteiger partial charge in [0.1, 0.15) is 0 Å². The normalized spacial score (nSPS) is 11.7. The molecule has 0 spiro atoms. The minimum absolute atomic E-state index is 0.451. The number of fused-ring (bicyclic) bond motifs is 4. The molecular formula is C19H13N3O. The van der Waals surface area contributed by atoms with Crippen molar-refractivity contribution in [3.63, 3.8) is 0 Å². The summed E-state index contributed by atoms with van der Waals surface area (Å²) >= 11 is 0. The number of rotatable bonds is 2. The van der Waals surface area contributed by atoms with Crippen LogP contribution in [0.3, 0.4) is 0 Å². The third kappa shape index (κ3) is 2.12. The number of nitrogens with two attached hydrogens (primary N) is 1. The maximum absolute atomic E-state index is 12.0. The number of benzene rings is 1. The van der Waals surface area contributed by atoms with Crippen LogP contribution < -0.4 is 5.73 Å². The van der Waals surface area contributed by atoms with Gasteiger partial charge in [0.25, 0.3) is 0 Å². The van der Waals surface area contributed by atoms with Crippen LogP contribution in [0.4, 0.5) is 0 Å². The Kier molecular flexibility index (Phi) is 3.01. The molecule has 23 heavy (non-hydrogen) atoms. The maximum Gasteiger partial charge on any atom is 0.249 e.